The van der Waals surface area contributed by atoms with Crippen LogP contribution in [-0.4, -0.2) is 44.7 Å². The lowest BCUT2D eigenvalue weighted by atomic mass is 10.2. The van der Waals surface area contributed by atoms with Crippen molar-refractivity contribution in [2.24, 2.45) is 0 Å². The van der Waals surface area contributed by atoms with Crippen molar-refractivity contribution in [3.05, 3.63) is 28.2 Å². The van der Waals surface area contributed by atoms with Crippen molar-refractivity contribution in [1.82, 2.24) is 4.90 Å². The van der Waals surface area contributed by atoms with Crippen molar-refractivity contribution in [3.8, 4) is 5.75 Å². The lowest BCUT2D eigenvalue weighted by Gasteiger charge is -2.10. The molecule has 4 nitrogen and oxygen atoms in total. The molecule has 0 aliphatic carbocycles. The number of unbranched alkanes of at least 4 members (excludes halogenated alkanes) is 2. The number of esters is 1. The molecule has 0 saturated heterocycles. The van der Waals surface area contributed by atoms with E-state index in [1.165, 1.54) is 6.42 Å². The van der Waals surface area contributed by atoms with Crippen molar-refractivity contribution < 1.29 is 14.3 Å². The first-order valence-corrected chi connectivity index (χ1v) is 8.07. The van der Waals surface area contributed by atoms with Crippen LogP contribution in [0.1, 0.15) is 36.5 Å². The zero-order valence-corrected chi connectivity index (χ0v) is 14.6. The lowest BCUT2D eigenvalue weighted by Crippen LogP contribution is -2.13. The van der Waals surface area contributed by atoms with Gasteiger partial charge in [-0.1, -0.05) is 15.9 Å². The number of halogens is 1. The summed E-state index contributed by atoms with van der Waals surface area (Å²) < 4.78 is 11.5. The van der Waals surface area contributed by atoms with Gasteiger partial charge < -0.3 is 14.4 Å². The number of rotatable bonds is 9. The van der Waals surface area contributed by atoms with E-state index in [0.717, 1.165) is 23.9 Å². The number of hydrogen-bond acceptors (Lipinski definition) is 4. The van der Waals surface area contributed by atoms with Crippen LogP contribution in [-0.2, 0) is 4.74 Å². The maximum Gasteiger partial charge on any atom is 0.338 e. The fourth-order valence-electron chi connectivity index (χ4n) is 1.88. The summed E-state index contributed by atoms with van der Waals surface area (Å²) >= 11 is 3.39. The number of hydrogen-bond donors (Lipinski definition) is 0. The molecule has 0 unspecified atom stereocenters. The van der Waals surface area contributed by atoms with E-state index < -0.39 is 0 Å². The maximum atomic E-state index is 11.7. The molecule has 0 atom stereocenters. The summed E-state index contributed by atoms with van der Waals surface area (Å²) in [5, 5.41) is 0. The van der Waals surface area contributed by atoms with E-state index in [4.69, 9.17) is 9.47 Å². The zero-order valence-electron chi connectivity index (χ0n) is 13.0. The highest BCUT2D eigenvalue weighted by atomic mass is 79.9. The number of carbonyl (C=O) groups is 1. The average Bonchev–Trinajstić information content (AvgIpc) is 2.42. The number of nitrogens with zero attached hydrogens (tertiary/aromatic N) is 1. The van der Waals surface area contributed by atoms with E-state index in [1.54, 1.807) is 19.1 Å². The van der Waals surface area contributed by atoms with Gasteiger partial charge in [0.2, 0.25) is 0 Å². The van der Waals surface area contributed by atoms with Gasteiger partial charge in [0.15, 0.2) is 0 Å². The maximum absolute atomic E-state index is 11.7. The van der Waals surface area contributed by atoms with Crippen molar-refractivity contribution in [2.45, 2.75) is 26.2 Å². The van der Waals surface area contributed by atoms with Gasteiger partial charge >= 0.3 is 5.97 Å². The fourth-order valence-corrected chi connectivity index (χ4v) is 2.35. The molecule has 0 saturated carbocycles. The summed E-state index contributed by atoms with van der Waals surface area (Å²) in [7, 11) is 4.16. The van der Waals surface area contributed by atoms with E-state index in [-0.39, 0.29) is 5.97 Å². The van der Waals surface area contributed by atoms with Gasteiger partial charge in [-0.05, 0) is 65.0 Å². The highest BCUT2D eigenvalue weighted by molar-refractivity contribution is 9.10. The zero-order chi connectivity index (χ0) is 15.7. The predicted octanol–water partition coefficient (Wildman–Crippen LogP) is 3.74. The van der Waals surface area contributed by atoms with Crippen molar-refractivity contribution in [3.63, 3.8) is 0 Å². The molecule has 0 aliphatic rings. The Kier molecular flexibility index (Phi) is 8.38. The van der Waals surface area contributed by atoms with E-state index >= 15 is 0 Å². The van der Waals surface area contributed by atoms with Crippen LogP contribution in [0, 0.1) is 0 Å². The molecule has 0 aliphatic heterocycles. The Bertz CT molecular complexity index is 449. The normalized spacial score (nSPS) is 10.7. The molecular formula is C16H24BrNO3. The van der Waals surface area contributed by atoms with Gasteiger partial charge in [-0.2, -0.15) is 0 Å². The largest absolute Gasteiger partial charge is 0.494 e. The van der Waals surface area contributed by atoms with Gasteiger partial charge in [0.05, 0.1) is 18.8 Å². The summed E-state index contributed by atoms with van der Waals surface area (Å²) in [5.74, 6) is 0.370. The average molecular weight is 358 g/mol. The van der Waals surface area contributed by atoms with Crippen molar-refractivity contribution in [1.29, 1.82) is 0 Å². The molecule has 0 bridgehead atoms. The first kappa shape index (κ1) is 18.0. The molecule has 1 rings (SSSR count). The van der Waals surface area contributed by atoms with Crippen LogP contribution in [0.25, 0.3) is 0 Å². The predicted molar refractivity (Wildman–Crippen MR) is 88.0 cm³/mol. The fraction of sp³-hybridized carbons (Fsp3) is 0.562. The molecule has 0 fully saturated rings. The van der Waals surface area contributed by atoms with Crippen LogP contribution in [0.5, 0.6) is 5.75 Å². The molecule has 0 heterocycles. The SMILES string of the molecule is CCOC(=O)c1cc(Br)cc(OCCCCCN(C)C)c1. The van der Waals surface area contributed by atoms with Gasteiger partial charge in [0.1, 0.15) is 5.75 Å². The van der Waals surface area contributed by atoms with Crippen molar-refractivity contribution in [2.75, 3.05) is 33.9 Å². The topological polar surface area (TPSA) is 38.8 Å². The number of ether oxygens (including phenoxy) is 2. The summed E-state index contributed by atoms with van der Waals surface area (Å²) in [6.45, 7) is 3.92. The van der Waals surface area contributed by atoms with Crippen LogP contribution in [0.15, 0.2) is 22.7 Å². The molecule has 1 aromatic rings. The minimum absolute atomic E-state index is 0.324. The van der Waals surface area contributed by atoms with Crippen molar-refractivity contribution >= 4 is 21.9 Å². The summed E-state index contributed by atoms with van der Waals surface area (Å²) in [4.78, 5) is 13.9. The van der Waals surface area contributed by atoms with Crippen LogP contribution < -0.4 is 4.74 Å². The molecular weight excluding hydrogens is 334 g/mol. The Morgan fingerprint density at radius 1 is 1.19 bits per heavy atom. The molecule has 0 N–H and O–H groups in total. The Labute approximate surface area is 135 Å². The van der Waals surface area contributed by atoms with E-state index in [2.05, 4.69) is 34.9 Å². The Morgan fingerprint density at radius 3 is 2.62 bits per heavy atom. The van der Waals surface area contributed by atoms with Gasteiger partial charge in [-0.25, -0.2) is 4.79 Å². The highest BCUT2D eigenvalue weighted by Crippen LogP contribution is 2.22. The minimum Gasteiger partial charge on any atom is -0.494 e. The van der Waals surface area contributed by atoms with E-state index in [0.29, 0.717) is 24.5 Å². The van der Waals surface area contributed by atoms with Crippen LogP contribution in [0.3, 0.4) is 0 Å². The Hall–Kier alpha value is -1.07. The second-order valence-electron chi connectivity index (χ2n) is 5.11. The summed E-state index contributed by atoms with van der Waals surface area (Å²) in [5.41, 5.74) is 0.508. The second kappa shape index (κ2) is 9.79. The van der Waals surface area contributed by atoms with Gasteiger partial charge in [0, 0.05) is 4.47 Å². The molecule has 21 heavy (non-hydrogen) atoms. The molecule has 0 aromatic heterocycles. The quantitative estimate of drug-likeness (QED) is 0.498. The van der Waals surface area contributed by atoms with Crippen LogP contribution >= 0.6 is 15.9 Å². The van der Waals surface area contributed by atoms with Gasteiger partial charge in [-0.15, -0.1) is 0 Å². The lowest BCUT2D eigenvalue weighted by molar-refractivity contribution is 0.0525. The second-order valence-corrected chi connectivity index (χ2v) is 6.02. The molecule has 0 radical (unpaired) electrons. The Morgan fingerprint density at radius 2 is 1.95 bits per heavy atom. The minimum atomic E-state index is -0.324. The molecule has 0 amide bonds. The van der Waals surface area contributed by atoms with Crippen LogP contribution in [0.4, 0.5) is 0 Å². The molecule has 0 spiro atoms. The third kappa shape index (κ3) is 7.48. The number of carbonyl (C=O) groups excluding carboxylic acids is 1. The molecule has 1 aromatic carbocycles. The first-order valence-electron chi connectivity index (χ1n) is 7.28. The highest BCUT2D eigenvalue weighted by Gasteiger charge is 2.09. The third-order valence-electron chi connectivity index (χ3n) is 2.90. The van der Waals surface area contributed by atoms with Crippen LogP contribution in [0.2, 0.25) is 0 Å². The standard InChI is InChI=1S/C16H24BrNO3/c1-4-20-16(19)13-10-14(17)12-15(11-13)21-9-7-5-6-8-18(2)3/h10-12H,4-9H2,1-3H3. The smallest absolute Gasteiger partial charge is 0.338 e. The Balaban J connectivity index is 2.42. The van der Waals surface area contributed by atoms with E-state index in [9.17, 15) is 4.79 Å². The summed E-state index contributed by atoms with van der Waals surface area (Å²) in [6.07, 6.45) is 3.31. The first-order chi connectivity index (χ1) is 10.0. The monoisotopic (exact) mass is 357 g/mol. The summed E-state index contributed by atoms with van der Waals surface area (Å²) in [6, 6.07) is 5.33. The van der Waals surface area contributed by atoms with Gasteiger partial charge in [0.25, 0.3) is 0 Å². The number of benzene rings is 1. The molecule has 118 valence electrons. The molecule has 5 heteroatoms. The third-order valence-corrected chi connectivity index (χ3v) is 3.36. The van der Waals surface area contributed by atoms with Gasteiger partial charge in [-0.3, -0.25) is 0 Å². The van der Waals surface area contributed by atoms with E-state index in [1.807, 2.05) is 6.07 Å².